The van der Waals surface area contributed by atoms with E-state index in [1.54, 1.807) is 11.3 Å². The van der Waals surface area contributed by atoms with Crippen molar-refractivity contribution in [3.63, 3.8) is 0 Å². The first-order valence-electron chi connectivity index (χ1n) is 3.54. The van der Waals surface area contributed by atoms with Crippen molar-refractivity contribution in [1.82, 2.24) is 0 Å². The Bertz CT molecular complexity index is 478. The number of benzene rings is 1. The Morgan fingerprint density at radius 2 is 2.23 bits per heavy atom. The topological polar surface area (TPSA) is 17.1 Å². The van der Waals surface area contributed by atoms with Crippen LogP contribution in [-0.2, 0) is 0 Å². The van der Waals surface area contributed by atoms with Gasteiger partial charge in [0.1, 0.15) is 0 Å². The Morgan fingerprint density at radius 3 is 2.92 bits per heavy atom. The molecular weight excluding hydrogens is 363 g/mol. The van der Waals surface area contributed by atoms with E-state index in [0.29, 0.717) is 0 Å². The van der Waals surface area contributed by atoms with Gasteiger partial charge in [-0.05, 0) is 50.7 Å². The highest BCUT2D eigenvalue weighted by molar-refractivity contribution is 14.1. The molecule has 0 spiro atoms. The number of carbonyl (C=O) groups is 1. The third kappa shape index (κ3) is 1.67. The normalized spacial score (nSPS) is 10.6. The molecular formula is C9H4BrIOS. The molecule has 1 aromatic carbocycles. The molecule has 0 bridgehead atoms. The smallest absolute Gasteiger partial charge is 0.150 e. The van der Waals surface area contributed by atoms with Crippen LogP contribution in [0.1, 0.15) is 10.4 Å². The second-order valence-electron chi connectivity index (χ2n) is 2.57. The fraction of sp³-hybridized carbons (Fsp3) is 0. The van der Waals surface area contributed by atoms with Crippen molar-refractivity contribution in [2.75, 3.05) is 0 Å². The lowest BCUT2D eigenvalue weighted by atomic mass is 10.1. The van der Waals surface area contributed by atoms with Gasteiger partial charge >= 0.3 is 0 Å². The van der Waals surface area contributed by atoms with E-state index in [0.717, 1.165) is 30.0 Å². The summed E-state index contributed by atoms with van der Waals surface area (Å²) in [5, 5.41) is 3.04. The third-order valence-corrected chi connectivity index (χ3v) is 4.23. The summed E-state index contributed by atoms with van der Waals surface area (Å²) in [6.07, 6.45) is 0.905. The van der Waals surface area contributed by atoms with Crippen molar-refractivity contribution in [2.45, 2.75) is 0 Å². The molecule has 1 nitrogen and oxygen atoms in total. The average molecular weight is 367 g/mol. The fourth-order valence-electron chi connectivity index (χ4n) is 1.22. The van der Waals surface area contributed by atoms with Crippen molar-refractivity contribution in [1.29, 1.82) is 0 Å². The van der Waals surface area contributed by atoms with Gasteiger partial charge in [0.25, 0.3) is 0 Å². The molecule has 4 heteroatoms. The number of hydrogen-bond acceptors (Lipinski definition) is 2. The summed E-state index contributed by atoms with van der Waals surface area (Å²) in [4.78, 5) is 10.8. The molecule has 0 radical (unpaired) electrons. The van der Waals surface area contributed by atoms with Gasteiger partial charge in [0.2, 0.25) is 0 Å². The van der Waals surface area contributed by atoms with Crippen LogP contribution in [0.15, 0.2) is 22.0 Å². The van der Waals surface area contributed by atoms with Gasteiger partial charge in [0.05, 0.1) is 0 Å². The Morgan fingerprint density at radius 1 is 1.46 bits per heavy atom. The molecule has 2 aromatic rings. The van der Waals surface area contributed by atoms with Crippen LogP contribution in [0.5, 0.6) is 0 Å². The second-order valence-corrected chi connectivity index (χ2v) is 5.58. The fourth-order valence-corrected chi connectivity index (χ4v) is 3.82. The second kappa shape index (κ2) is 3.67. The molecule has 13 heavy (non-hydrogen) atoms. The molecule has 0 saturated carbocycles. The Balaban J connectivity index is 2.92. The highest BCUT2D eigenvalue weighted by Crippen LogP contribution is 2.33. The van der Waals surface area contributed by atoms with E-state index in [-0.39, 0.29) is 0 Å². The monoisotopic (exact) mass is 366 g/mol. The lowest BCUT2D eigenvalue weighted by Crippen LogP contribution is -1.82. The molecule has 0 atom stereocenters. The molecule has 0 fully saturated rings. The van der Waals surface area contributed by atoms with Crippen molar-refractivity contribution >= 4 is 66.2 Å². The maximum atomic E-state index is 10.8. The zero-order valence-corrected chi connectivity index (χ0v) is 10.9. The van der Waals surface area contributed by atoms with Crippen molar-refractivity contribution < 1.29 is 4.79 Å². The minimum Gasteiger partial charge on any atom is -0.298 e. The summed E-state index contributed by atoms with van der Waals surface area (Å²) in [6.45, 7) is 0. The molecule has 0 saturated heterocycles. The molecule has 1 heterocycles. The Kier molecular flexibility index (Phi) is 2.71. The first kappa shape index (κ1) is 9.61. The summed E-state index contributed by atoms with van der Waals surface area (Å²) >= 11 is 7.30. The standard InChI is InChI=1S/C9H4BrIOS/c10-7-4-13-8-2-6(11)1-5(3-12)9(7)8/h1-4H. The largest absolute Gasteiger partial charge is 0.298 e. The van der Waals surface area contributed by atoms with Gasteiger partial charge < -0.3 is 0 Å². The van der Waals surface area contributed by atoms with E-state index >= 15 is 0 Å². The number of rotatable bonds is 1. The van der Waals surface area contributed by atoms with Gasteiger partial charge in [-0.1, -0.05) is 0 Å². The highest BCUT2D eigenvalue weighted by Gasteiger charge is 2.07. The number of thiophene rings is 1. The predicted molar refractivity (Wildman–Crippen MR) is 67.6 cm³/mol. The van der Waals surface area contributed by atoms with Gasteiger partial charge in [-0.25, -0.2) is 0 Å². The quantitative estimate of drug-likeness (QED) is 0.549. The molecule has 0 amide bonds. The number of halogens is 2. The van der Waals surface area contributed by atoms with E-state index in [1.165, 1.54) is 0 Å². The van der Waals surface area contributed by atoms with Crippen LogP contribution in [0.4, 0.5) is 0 Å². The summed E-state index contributed by atoms with van der Waals surface area (Å²) in [7, 11) is 0. The van der Waals surface area contributed by atoms with Gasteiger partial charge in [0, 0.05) is 29.1 Å². The summed E-state index contributed by atoms with van der Waals surface area (Å²) in [5.41, 5.74) is 0.759. The van der Waals surface area contributed by atoms with Crippen molar-refractivity contribution in [2.24, 2.45) is 0 Å². The molecule has 0 aliphatic carbocycles. The van der Waals surface area contributed by atoms with Gasteiger partial charge in [-0.3, -0.25) is 4.79 Å². The maximum absolute atomic E-state index is 10.8. The van der Waals surface area contributed by atoms with E-state index in [4.69, 9.17) is 0 Å². The number of aldehydes is 1. The predicted octanol–water partition coefficient (Wildman–Crippen LogP) is 4.08. The van der Waals surface area contributed by atoms with E-state index in [2.05, 4.69) is 44.6 Å². The van der Waals surface area contributed by atoms with Crippen molar-refractivity contribution in [3.8, 4) is 0 Å². The van der Waals surface area contributed by atoms with E-state index in [9.17, 15) is 4.79 Å². The Labute approximate surface area is 101 Å². The number of fused-ring (bicyclic) bond motifs is 1. The minimum absolute atomic E-state index is 0.759. The first-order chi connectivity index (χ1) is 6.22. The van der Waals surface area contributed by atoms with Crippen LogP contribution in [0.3, 0.4) is 0 Å². The van der Waals surface area contributed by atoms with Gasteiger partial charge in [-0.15, -0.1) is 11.3 Å². The molecule has 0 unspecified atom stereocenters. The number of hydrogen-bond donors (Lipinski definition) is 0. The molecule has 0 aliphatic rings. The molecule has 0 N–H and O–H groups in total. The third-order valence-electron chi connectivity index (χ3n) is 1.75. The lowest BCUT2D eigenvalue weighted by Gasteiger charge is -1.97. The number of carbonyl (C=O) groups excluding carboxylic acids is 1. The summed E-state index contributed by atoms with van der Waals surface area (Å²) in [6, 6.07) is 3.98. The first-order valence-corrected chi connectivity index (χ1v) is 6.29. The minimum atomic E-state index is 0.759. The maximum Gasteiger partial charge on any atom is 0.150 e. The van der Waals surface area contributed by atoms with E-state index in [1.807, 2.05) is 11.4 Å². The zero-order valence-electron chi connectivity index (χ0n) is 6.38. The summed E-state index contributed by atoms with van der Waals surface area (Å²) in [5.74, 6) is 0. The highest BCUT2D eigenvalue weighted by atomic mass is 127. The van der Waals surface area contributed by atoms with Gasteiger partial charge in [-0.2, -0.15) is 0 Å². The SMILES string of the molecule is O=Cc1cc(I)cc2scc(Br)c12. The van der Waals surface area contributed by atoms with Crippen LogP contribution < -0.4 is 0 Å². The molecule has 66 valence electrons. The lowest BCUT2D eigenvalue weighted by molar-refractivity contribution is 0.112. The summed E-state index contributed by atoms with van der Waals surface area (Å²) < 4.78 is 3.26. The van der Waals surface area contributed by atoms with E-state index < -0.39 is 0 Å². The van der Waals surface area contributed by atoms with Crippen LogP contribution in [-0.4, -0.2) is 6.29 Å². The van der Waals surface area contributed by atoms with Crippen LogP contribution in [0, 0.1) is 3.57 Å². The Hall–Kier alpha value is 0.0600. The van der Waals surface area contributed by atoms with Crippen LogP contribution in [0.2, 0.25) is 0 Å². The van der Waals surface area contributed by atoms with Crippen molar-refractivity contribution in [3.05, 3.63) is 31.1 Å². The van der Waals surface area contributed by atoms with Crippen LogP contribution >= 0.6 is 49.9 Å². The molecule has 2 rings (SSSR count). The zero-order chi connectivity index (χ0) is 9.42. The molecule has 0 aliphatic heterocycles. The van der Waals surface area contributed by atoms with Crippen LogP contribution in [0.25, 0.3) is 10.1 Å². The molecule has 1 aromatic heterocycles. The average Bonchev–Trinajstić information content (AvgIpc) is 2.46. The van der Waals surface area contributed by atoms with Gasteiger partial charge in [0.15, 0.2) is 6.29 Å².